The Kier molecular flexibility index (Phi) is 6.47. The lowest BCUT2D eigenvalue weighted by Crippen LogP contribution is -2.04. The van der Waals surface area contributed by atoms with Crippen LogP contribution in [0.2, 0.25) is 0 Å². The SMILES string of the molecule is CN(C)/C=C(\C#N)CC/C(C#N)=C/N(C)C. The van der Waals surface area contributed by atoms with Crippen molar-refractivity contribution < 1.29 is 0 Å². The van der Waals surface area contributed by atoms with Crippen LogP contribution in [0.1, 0.15) is 12.8 Å². The smallest absolute Gasteiger partial charge is 0.0962 e. The Morgan fingerprint density at radius 1 is 0.875 bits per heavy atom. The average Bonchev–Trinajstić information content (AvgIpc) is 2.20. The molecule has 16 heavy (non-hydrogen) atoms. The number of nitriles is 2. The van der Waals surface area contributed by atoms with Crippen LogP contribution in [0.5, 0.6) is 0 Å². The molecular formula is C12H18N4. The molecule has 0 aliphatic heterocycles. The molecule has 0 spiro atoms. The summed E-state index contributed by atoms with van der Waals surface area (Å²) >= 11 is 0. The summed E-state index contributed by atoms with van der Waals surface area (Å²) in [7, 11) is 7.49. The maximum Gasteiger partial charge on any atom is 0.0962 e. The van der Waals surface area contributed by atoms with Crippen molar-refractivity contribution in [2.75, 3.05) is 28.2 Å². The number of hydrogen-bond acceptors (Lipinski definition) is 4. The number of nitrogens with zero attached hydrogens (tertiary/aromatic N) is 4. The van der Waals surface area contributed by atoms with Gasteiger partial charge < -0.3 is 9.80 Å². The summed E-state index contributed by atoms with van der Waals surface area (Å²) in [6.07, 6.45) is 4.76. The van der Waals surface area contributed by atoms with E-state index in [0.717, 1.165) is 0 Å². The van der Waals surface area contributed by atoms with Crippen LogP contribution >= 0.6 is 0 Å². The molecule has 0 unspecified atom stereocenters. The highest BCUT2D eigenvalue weighted by Gasteiger charge is 2.01. The molecule has 4 nitrogen and oxygen atoms in total. The van der Waals surface area contributed by atoms with E-state index < -0.39 is 0 Å². The zero-order valence-corrected chi connectivity index (χ0v) is 10.4. The van der Waals surface area contributed by atoms with Crippen molar-refractivity contribution in [3.63, 3.8) is 0 Å². The number of rotatable bonds is 5. The van der Waals surface area contributed by atoms with E-state index >= 15 is 0 Å². The van der Waals surface area contributed by atoms with Crippen molar-refractivity contribution in [2.45, 2.75) is 12.8 Å². The molecule has 0 aromatic rings. The Bertz CT molecular complexity index is 314. The Hall–Kier alpha value is -1.94. The Morgan fingerprint density at radius 3 is 1.38 bits per heavy atom. The Balaban J connectivity index is 4.44. The fourth-order valence-corrected chi connectivity index (χ4v) is 1.19. The van der Waals surface area contributed by atoms with E-state index in [1.165, 1.54) is 0 Å². The molecule has 0 bridgehead atoms. The zero-order chi connectivity index (χ0) is 12.6. The molecule has 0 amide bonds. The third-order valence-electron chi connectivity index (χ3n) is 1.78. The standard InChI is InChI=1S/C12H18N4/c1-15(2)9-11(7-13)5-6-12(8-14)10-16(3)4/h9-10H,5-6H2,1-4H3/b11-9-,12-10-. The van der Waals surface area contributed by atoms with Gasteiger partial charge in [0.05, 0.1) is 12.1 Å². The second kappa shape index (κ2) is 7.36. The first-order valence-electron chi connectivity index (χ1n) is 5.04. The van der Waals surface area contributed by atoms with Gasteiger partial charge in [0.25, 0.3) is 0 Å². The molecule has 86 valence electrons. The molecule has 0 saturated heterocycles. The highest BCUT2D eigenvalue weighted by Crippen LogP contribution is 2.11. The molecule has 0 N–H and O–H groups in total. The summed E-state index contributed by atoms with van der Waals surface area (Å²) in [4.78, 5) is 3.67. The summed E-state index contributed by atoms with van der Waals surface area (Å²) in [6.45, 7) is 0. The first-order chi connectivity index (χ1) is 7.49. The van der Waals surface area contributed by atoms with Crippen molar-refractivity contribution in [1.82, 2.24) is 9.80 Å². The predicted molar refractivity (Wildman–Crippen MR) is 64.0 cm³/mol. The van der Waals surface area contributed by atoms with Gasteiger partial charge in [-0.2, -0.15) is 10.5 Å². The summed E-state index contributed by atoms with van der Waals surface area (Å²) in [5.74, 6) is 0. The largest absolute Gasteiger partial charge is 0.383 e. The monoisotopic (exact) mass is 218 g/mol. The van der Waals surface area contributed by atoms with Crippen molar-refractivity contribution in [3.05, 3.63) is 23.5 Å². The van der Waals surface area contributed by atoms with E-state index in [-0.39, 0.29) is 0 Å². The van der Waals surface area contributed by atoms with Gasteiger partial charge in [-0.15, -0.1) is 0 Å². The van der Waals surface area contributed by atoms with E-state index in [9.17, 15) is 0 Å². The van der Waals surface area contributed by atoms with E-state index in [1.807, 2.05) is 38.0 Å². The third kappa shape index (κ3) is 6.50. The van der Waals surface area contributed by atoms with Gasteiger partial charge in [0.1, 0.15) is 0 Å². The van der Waals surface area contributed by atoms with E-state index in [4.69, 9.17) is 10.5 Å². The van der Waals surface area contributed by atoms with Gasteiger partial charge in [-0.05, 0) is 12.8 Å². The predicted octanol–water partition coefficient (Wildman–Crippen LogP) is 1.70. The number of hydrogen-bond donors (Lipinski definition) is 0. The van der Waals surface area contributed by atoms with Crippen LogP contribution in [0.25, 0.3) is 0 Å². The lowest BCUT2D eigenvalue weighted by molar-refractivity contribution is 0.553. The van der Waals surface area contributed by atoms with Gasteiger partial charge >= 0.3 is 0 Å². The molecule has 0 heterocycles. The molecule has 0 aliphatic carbocycles. The minimum absolute atomic E-state index is 0.599. The highest BCUT2D eigenvalue weighted by atomic mass is 15.0. The van der Waals surface area contributed by atoms with Gasteiger partial charge in [-0.25, -0.2) is 0 Å². The molecule has 0 atom stereocenters. The van der Waals surface area contributed by atoms with Crippen molar-refractivity contribution in [3.8, 4) is 12.1 Å². The van der Waals surface area contributed by atoms with Crippen molar-refractivity contribution in [2.24, 2.45) is 0 Å². The molecule has 0 radical (unpaired) electrons. The van der Waals surface area contributed by atoms with Gasteiger partial charge in [-0.3, -0.25) is 0 Å². The van der Waals surface area contributed by atoms with Crippen LogP contribution in [-0.4, -0.2) is 38.0 Å². The molecule has 0 aliphatic rings. The fraction of sp³-hybridized carbons (Fsp3) is 0.500. The topological polar surface area (TPSA) is 54.1 Å². The molecule has 0 rings (SSSR count). The van der Waals surface area contributed by atoms with E-state index in [1.54, 1.807) is 12.4 Å². The molecule has 0 fully saturated rings. The molecule has 0 aromatic heterocycles. The molecular weight excluding hydrogens is 200 g/mol. The van der Waals surface area contributed by atoms with Gasteiger partial charge in [0, 0.05) is 51.7 Å². The van der Waals surface area contributed by atoms with Crippen LogP contribution in [0, 0.1) is 22.7 Å². The molecule has 4 heteroatoms. The second-order valence-electron chi connectivity index (χ2n) is 3.96. The fourth-order valence-electron chi connectivity index (χ4n) is 1.19. The van der Waals surface area contributed by atoms with Crippen LogP contribution in [0.4, 0.5) is 0 Å². The Morgan fingerprint density at radius 2 is 1.19 bits per heavy atom. The van der Waals surface area contributed by atoms with Gasteiger partial charge in [0.2, 0.25) is 0 Å². The highest BCUT2D eigenvalue weighted by molar-refractivity contribution is 5.25. The van der Waals surface area contributed by atoms with Crippen LogP contribution in [-0.2, 0) is 0 Å². The van der Waals surface area contributed by atoms with E-state index in [0.29, 0.717) is 24.0 Å². The lowest BCUT2D eigenvalue weighted by atomic mass is 10.1. The van der Waals surface area contributed by atoms with E-state index in [2.05, 4.69) is 12.1 Å². The van der Waals surface area contributed by atoms with Crippen molar-refractivity contribution >= 4 is 0 Å². The van der Waals surface area contributed by atoms with Gasteiger partial charge in [-0.1, -0.05) is 0 Å². The van der Waals surface area contributed by atoms with Crippen LogP contribution < -0.4 is 0 Å². The third-order valence-corrected chi connectivity index (χ3v) is 1.78. The minimum atomic E-state index is 0.599. The first kappa shape index (κ1) is 14.1. The van der Waals surface area contributed by atoms with Crippen molar-refractivity contribution in [1.29, 1.82) is 10.5 Å². The number of allylic oxidation sites excluding steroid dienone is 2. The second-order valence-corrected chi connectivity index (χ2v) is 3.96. The van der Waals surface area contributed by atoms with Crippen LogP contribution in [0.15, 0.2) is 23.5 Å². The lowest BCUT2D eigenvalue weighted by Gasteiger charge is -2.08. The molecule has 0 saturated carbocycles. The summed E-state index contributed by atoms with van der Waals surface area (Å²) in [5, 5.41) is 17.8. The first-order valence-corrected chi connectivity index (χ1v) is 5.04. The van der Waals surface area contributed by atoms with Gasteiger partial charge in [0.15, 0.2) is 0 Å². The molecule has 0 aromatic carbocycles. The average molecular weight is 218 g/mol. The Labute approximate surface area is 97.7 Å². The quantitative estimate of drug-likeness (QED) is 0.659. The zero-order valence-electron chi connectivity index (χ0n) is 10.4. The maximum absolute atomic E-state index is 8.88. The minimum Gasteiger partial charge on any atom is -0.383 e. The summed E-state index contributed by atoms with van der Waals surface area (Å²) in [6, 6.07) is 4.27. The summed E-state index contributed by atoms with van der Waals surface area (Å²) in [5.41, 5.74) is 1.37. The maximum atomic E-state index is 8.88. The van der Waals surface area contributed by atoms with Crippen LogP contribution in [0.3, 0.4) is 0 Å². The normalized spacial score (nSPS) is 11.6. The summed E-state index contributed by atoms with van der Waals surface area (Å²) < 4.78 is 0.